The number of benzene rings is 1. The number of carbonyl (C=O) groups excluding carboxylic acids is 1. The predicted octanol–water partition coefficient (Wildman–Crippen LogP) is 5.59. The van der Waals surface area contributed by atoms with Crippen molar-refractivity contribution in [1.29, 1.82) is 0 Å². The molecule has 6 heteroatoms. The van der Waals surface area contributed by atoms with Crippen LogP contribution in [-0.4, -0.2) is 28.1 Å². The second-order valence-electron chi connectivity index (χ2n) is 9.66. The van der Waals surface area contributed by atoms with Gasteiger partial charge in [-0.25, -0.2) is 0 Å². The van der Waals surface area contributed by atoms with E-state index in [-0.39, 0.29) is 24.1 Å². The summed E-state index contributed by atoms with van der Waals surface area (Å²) in [6, 6.07) is 5.30. The quantitative estimate of drug-likeness (QED) is 0.368. The maximum atomic E-state index is 13.1. The molecule has 1 aromatic carbocycles. The molecule has 0 aliphatic heterocycles. The van der Waals surface area contributed by atoms with Crippen LogP contribution in [0.1, 0.15) is 62.7 Å². The van der Waals surface area contributed by atoms with Crippen molar-refractivity contribution in [3.05, 3.63) is 41.3 Å². The smallest absolute Gasteiger partial charge is 0.303 e. The number of fused-ring (bicyclic) bond motifs is 3. The van der Waals surface area contributed by atoms with Gasteiger partial charge >= 0.3 is 5.97 Å². The van der Waals surface area contributed by atoms with Crippen LogP contribution in [0.25, 0.3) is 10.1 Å². The van der Waals surface area contributed by atoms with E-state index in [1.807, 2.05) is 11.4 Å². The lowest BCUT2D eigenvalue weighted by Gasteiger charge is -2.62. The summed E-state index contributed by atoms with van der Waals surface area (Å²) >= 11 is 1.52. The van der Waals surface area contributed by atoms with E-state index >= 15 is 0 Å². The number of phenolic OH excluding ortho intramolecular Hbond substituents is 1. The Labute approximate surface area is 187 Å². The average Bonchev–Trinajstić information content (AvgIpc) is 3.13. The molecule has 2 aromatic rings. The molecule has 3 fully saturated rings. The Morgan fingerprint density at radius 1 is 1.26 bits per heavy atom. The molecule has 166 valence electrons. The van der Waals surface area contributed by atoms with Crippen molar-refractivity contribution in [3.8, 4) is 5.75 Å². The predicted molar refractivity (Wildman–Crippen MR) is 123 cm³/mol. The van der Waals surface area contributed by atoms with E-state index in [1.165, 1.54) is 17.8 Å². The number of carbonyl (C=O) groups is 2. The van der Waals surface area contributed by atoms with Gasteiger partial charge in [0.2, 0.25) is 0 Å². The number of hydrogen-bond donors (Lipinski definition) is 3. The lowest BCUT2D eigenvalue weighted by atomic mass is 9.44. The molecular formula is C25H31NO4S. The maximum Gasteiger partial charge on any atom is 0.303 e. The molecule has 2 bridgehead atoms. The lowest BCUT2D eigenvalue weighted by molar-refractivity contribution is -0.137. The van der Waals surface area contributed by atoms with E-state index in [9.17, 15) is 14.7 Å². The van der Waals surface area contributed by atoms with Crippen LogP contribution in [0.3, 0.4) is 0 Å². The Morgan fingerprint density at radius 2 is 2.06 bits per heavy atom. The summed E-state index contributed by atoms with van der Waals surface area (Å²) in [6.07, 6.45) is 9.04. The summed E-state index contributed by atoms with van der Waals surface area (Å²) in [5.41, 5.74) is 0.946. The van der Waals surface area contributed by atoms with Crippen LogP contribution >= 0.6 is 11.3 Å². The minimum atomic E-state index is -0.750. The molecule has 5 nitrogen and oxygen atoms in total. The van der Waals surface area contributed by atoms with Gasteiger partial charge in [-0.2, -0.15) is 0 Å². The molecule has 0 spiro atoms. The van der Waals surface area contributed by atoms with E-state index < -0.39 is 5.97 Å². The number of carboxylic acids is 1. The Bertz CT molecular complexity index is 1010. The maximum absolute atomic E-state index is 13.1. The van der Waals surface area contributed by atoms with Gasteiger partial charge in [0.1, 0.15) is 5.75 Å². The second-order valence-corrected chi connectivity index (χ2v) is 10.6. The standard InChI is InChI=1S/C25H31NO4S/c1-25(2)15-11-20(25)17(7-5-3-4-6-8-23(28)29)21(12-15)26-24(30)19-14-31-22-10-9-16(27)13-18(19)22/h3,5,9-10,13-15,17,20-21,27H,4,6-8,11-12H2,1-2H3,(H,26,30)(H,28,29)/t15-,17-,20+,21-/m1/s1. The molecule has 31 heavy (non-hydrogen) atoms. The molecule has 1 amide bonds. The highest BCUT2D eigenvalue weighted by atomic mass is 32.1. The zero-order valence-electron chi connectivity index (χ0n) is 18.1. The van der Waals surface area contributed by atoms with Gasteiger partial charge in [-0.05, 0) is 73.5 Å². The average molecular weight is 442 g/mol. The molecule has 3 saturated carbocycles. The van der Waals surface area contributed by atoms with E-state index in [1.54, 1.807) is 12.1 Å². The van der Waals surface area contributed by atoms with Crippen LogP contribution in [0.5, 0.6) is 5.75 Å². The summed E-state index contributed by atoms with van der Waals surface area (Å²) in [6.45, 7) is 4.70. The van der Waals surface area contributed by atoms with Gasteiger partial charge in [0, 0.05) is 27.9 Å². The summed E-state index contributed by atoms with van der Waals surface area (Å²) in [5.74, 6) is 0.978. The molecule has 5 rings (SSSR count). The molecule has 0 radical (unpaired) electrons. The van der Waals surface area contributed by atoms with E-state index in [0.29, 0.717) is 35.2 Å². The molecule has 0 unspecified atom stereocenters. The van der Waals surface area contributed by atoms with E-state index in [0.717, 1.165) is 29.3 Å². The van der Waals surface area contributed by atoms with Gasteiger partial charge in [0.15, 0.2) is 0 Å². The van der Waals surface area contributed by atoms with Crippen LogP contribution in [0.2, 0.25) is 0 Å². The van der Waals surface area contributed by atoms with Crippen LogP contribution in [0.15, 0.2) is 35.7 Å². The second kappa shape index (κ2) is 8.65. The highest BCUT2D eigenvalue weighted by Crippen LogP contribution is 2.62. The zero-order chi connectivity index (χ0) is 22.2. The van der Waals surface area contributed by atoms with Crippen LogP contribution < -0.4 is 5.32 Å². The molecule has 1 aromatic heterocycles. The normalized spacial score (nSPS) is 26.6. The first-order valence-corrected chi connectivity index (χ1v) is 12.0. The number of rotatable bonds is 8. The minimum Gasteiger partial charge on any atom is -0.508 e. The number of aromatic hydroxyl groups is 1. The molecule has 3 aliphatic carbocycles. The number of nitrogens with one attached hydrogen (secondary N) is 1. The number of hydrogen-bond acceptors (Lipinski definition) is 4. The number of unbranched alkanes of at least 4 members (excludes halogenated alkanes) is 1. The number of thiophene rings is 1. The largest absolute Gasteiger partial charge is 0.508 e. The fourth-order valence-electron chi connectivity index (χ4n) is 5.62. The summed E-state index contributed by atoms with van der Waals surface area (Å²) in [5, 5.41) is 24.6. The number of allylic oxidation sites excluding steroid dienone is 2. The number of carboxylic acid groups (broad SMARTS) is 1. The summed E-state index contributed by atoms with van der Waals surface area (Å²) in [7, 11) is 0. The number of phenols is 1. The molecule has 1 heterocycles. The first-order valence-electron chi connectivity index (χ1n) is 11.1. The third-order valence-corrected chi connectivity index (χ3v) is 8.54. The van der Waals surface area contributed by atoms with E-state index in [4.69, 9.17) is 5.11 Å². The monoisotopic (exact) mass is 441 g/mol. The SMILES string of the molecule is CC1(C)[C@H]2C[C@@H](NC(=O)c3csc4ccc(O)cc34)[C@H](CC=CCCCC(=O)O)[C@@H]1C2. The molecule has 0 saturated heterocycles. The first-order chi connectivity index (χ1) is 14.8. The van der Waals surface area contributed by atoms with Crippen molar-refractivity contribution < 1.29 is 19.8 Å². The van der Waals surface area contributed by atoms with Gasteiger partial charge < -0.3 is 15.5 Å². The van der Waals surface area contributed by atoms with Crippen molar-refractivity contribution in [2.75, 3.05) is 0 Å². The number of amides is 1. The van der Waals surface area contributed by atoms with Gasteiger partial charge in [0.05, 0.1) is 5.56 Å². The molecule has 3 aliphatic rings. The van der Waals surface area contributed by atoms with E-state index in [2.05, 4.69) is 31.3 Å². The van der Waals surface area contributed by atoms with Crippen molar-refractivity contribution in [2.45, 2.75) is 58.4 Å². The fourth-order valence-corrected chi connectivity index (χ4v) is 6.54. The Kier molecular flexibility index (Phi) is 6.11. The topological polar surface area (TPSA) is 86.6 Å². The van der Waals surface area contributed by atoms with Crippen molar-refractivity contribution >= 4 is 33.3 Å². The molecule has 4 atom stereocenters. The summed E-state index contributed by atoms with van der Waals surface area (Å²) < 4.78 is 0.997. The Hall–Kier alpha value is -2.34. The van der Waals surface area contributed by atoms with Gasteiger partial charge in [-0.3, -0.25) is 9.59 Å². The van der Waals surface area contributed by atoms with Gasteiger partial charge in [-0.1, -0.05) is 26.0 Å². The highest BCUT2D eigenvalue weighted by molar-refractivity contribution is 7.17. The van der Waals surface area contributed by atoms with Gasteiger partial charge in [-0.15, -0.1) is 11.3 Å². The summed E-state index contributed by atoms with van der Waals surface area (Å²) in [4.78, 5) is 23.8. The van der Waals surface area contributed by atoms with Crippen molar-refractivity contribution in [1.82, 2.24) is 5.32 Å². The highest BCUT2D eigenvalue weighted by Gasteiger charge is 2.57. The minimum absolute atomic E-state index is 0.0589. The van der Waals surface area contributed by atoms with Gasteiger partial charge in [0.25, 0.3) is 5.91 Å². The fraction of sp³-hybridized carbons (Fsp3) is 0.520. The van der Waals surface area contributed by atoms with Crippen LogP contribution in [0, 0.1) is 23.2 Å². The first kappa shape index (κ1) is 21.9. The number of aliphatic carboxylic acids is 1. The zero-order valence-corrected chi connectivity index (χ0v) is 19.0. The lowest BCUT2D eigenvalue weighted by Crippen LogP contribution is -2.61. The molecular weight excluding hydrogens is 410 g/mol. The Balaban J connectivity index is 1.45. The van der Waals surface area contributed by atoms with Crippen molar-refractivity contribution in [3.63, 3.8) is 0 Å². The Morgan fingerprint density at radius 3 is 2.81 bits per heavy atom. The third-order valence-electron chi connectivity index (χ3n) is 7.57. The van der Waals surface area contributed by atoms with Crippen molar-refractivity contribution in [2.24, 2.45) is 23.2 Å². The van der Waals surface area contributed by atoms with Crippen LogP contribution in [0.4, 0.5) is 0 Å². The molecule has 3 N–H and O–H groups in total. The third kappa shape index (κ3) is 4.36. The van der Waals surface area contributed by atoms with Crippen LogP contribution in [-0.2, 0) is 4.79 Å².